The predicted molar refractivity (Wildman–Crippen MR) is 93.9 cm³/mol. The molecule has 3 heterocycles. The average Bonchev–Trinajstić information content (AvgIpc) is 3.10. The monoisotopic (exact) mass is 437 g/mol. The molecule has 2 saturated heterocycles. The van der Waals surface area contributed by atoms with Gasteiger partial charge in [0, 0.05) is 48.1 Å². The fourth-order valence-electron chi connectivity index (χ4n) is 3.26. The van der Waals surface area contributed by atoms with E-state index in [2.05, 4.69) is 47.7 Å². The Morgan fingerprint density at radius 3 is 2.71 bits per heavy atom. The van der Waals surface area contributed by atoms with Crippen LogP contribution in [0.1, 0.15) is 17.3 Å². The van der Waals surface area contributed by atoms with E-state index >= 15 is 0 Å². The van der Waals surface area contributed by atoms with Crippen LogP contribution in [0.25, 0.3) is 0 Å². The maximum Gasteiger partial charge on any atom is 0.0843 e. The quantitative estimate of drug-likeness (QED) is 0.784. The lowest BCUT2D eigenvalue weighted by Gasteiger charge is -2.33. The number of ether oxygens (including phenoxy) is 1. The predicted octanol–water partition coefficient (Wildman–Crippen LogP) is 2.68. The Bertz CT molecular complexity index is 459. The number of likely N-dealkylation sites (tertiary alicyclic amines) is 1. The summed E-state index contributed by atoms with van der Waals surface area (Å²) in [6.07, 6.45) is 1.24. The van der Waals surface area contributed by atoms with Gasteiger partial charge in [-0.1, -0.05) is 0 Å². The number of nitrogens with zero attached hydrogens (tertiary/aromatic N) is 2. The molecular formula is C14H21Br2N3OS. The Labute approximate surface area is 146 Å². The van der Waals surface area contributed by atoms with E-state index in [0.717, 1.165) is 47.7 Å². The minimum Gasteiger partial charge on any atom is -0.379 e. The number of thiophene rings is 1. The van der Waals surface area contributed by atoms with E-state index in [1.54, 1.807) is 11.3 Å². The summed E-state index contributed by atoms with van der Waals surface area (Å²) < 4.78 is 7.74. The summed E-state index contributed by atoms with van der Waals surface area (Å²) in [5.74, 6) is 0. The molecule has 2 fully saturated rings. The average molecular weight is 439 g/mol. The van der Waals surface area contributed by atoms with Gasteiger partial charge < -0.3 is 10.5 Å². The maximum atomic E-state index is 6.07. The minimum atomic E-state index is 0.337. The molecule has 0 aliphatic carbocycles. The summed E-state index contributed by atoms with van der Waals surface area (Å²) in [7, 11) is 0. The van der Waals surface area contributed by atoms with E-state index in [1.165, 1.54) is 11.3 Å². The van der Waals surface area contributed by atoms with E-state index < -0.39 is 0 Å². The van der Waals surface area contributed by atoms with Gasteiger partial charge in [-0.2, -0.15) is 0 Å². The third-order valence-electron chi connectivity index (χ3n) is 4.41. The summed E-state index contributed by atoms with van der Waals surface area (Å²) >= 11 is 8.95. The summed E-state index contributed by atoms with van der Waals surface area (Å²) in [4.78, 5) is 6.47. The van der Waals surface area contributed by atoms with Crippen molar-refractivity contribution < 1.29 is 4.74 Å². The molecule has 0 aromatic carbocycles. The molecule has 0 radical (unpaired) electrons. The van der Waals surface area contributed by atoms with Crippen LogP contribution in [-0.4, -0.2) is 61.8 Å². The minimum absolute atomic E-state index is 0.337. The summed E-state index contributed by atoms with van der Waals surface area (Å²) in [5, 5.41) is 0. The van der Waals surface area contributed by atoms with Crippen LogP contribution in [0.4, 0.5) is 0 Å². The number of hydrogen-bond donors (Lipinski definition) is 1. The standard InChI is InChI=1S/C14H21Br2N3OS/c15-11-7-13(21-14(11)16)12(8-17)19-2-1-10(9-19)18-3-5-20-6-4-18/h7,10,12H,1-6,8-9,17H2. The zero-order valence-electron chi connectivity index (χ0n) is 11.9. The van der Waals surface area contributed by atoms with Crippen LogP contribution < -0.4 is 5.73 Å². The molecule has 2 N–H and O–H groups in total. The van der Waals surface area contributed by atoms with Gasteiger partial charge in [0.15, 0.2) is 0 Å². The first-order valence-electron chi connectivity index (χ1n) is 7.39. The normalized spacial score (nSPS) is 26.3. The van der Waals surface area contributed by atoms with Crippen LogP contribution in [-0.2, 0) is 4.74 Å². The van der Waals surface area contributed by atoms with Crippen molar-refractivity contribution in [2.24, 2.45) is 5.73 Å². The Balaban J connectivity index is 1.65. The highest BCUT2D eigenvalue weighted by Crippen LogP contribution is 2.38. The van der Waals surface area contributed by atoms with E-state index in [-0.39, 0.29) is 0 Å². The number of rotatable bonds is 4. The van der Waals surface area contributed by atoms with Crippen LogP contribution in [0, 0.1) is 0 Å². The van der Waals surface area contributed by atoms with Crippen molar-refractivity contribution in [1.29, 1.82) is 0 Å². The van der Waals surface area contributed by atoms with Gasteiger partial charge in [-0.25, -0.2) is 0 Å². The molecule has 1 aromatic heterocycles. The zero-order chi connectivity index (χ0) is 14.8. The van der Waals surface area contributed by atoms with Crippen molar-refractivity contribution in [3.8, 4) is 0 Å². The molecule has 2 aliphatic heterocycles. The molecule has 2 unspecified atom stereocenters. The second-order valence-corrected chi connectivity index (χ2v) is 8.86. The zero-order valence-corrected chi connectivity index (χ0v) is 15.9. The lowest BCUT2D eigenvalue weighted by atomic mass is 10.2. The molecule has 7 heteroatoms. The topological polar surface area (TPSA) is 41.7 Å². The van der Waals surface area contributed by atoms with Crippen molar-refractivity contribution in [2.75, 3.05) is 45.9 Å². The van der Waals surface area contributed by atoms with Crippen LogP contribution in [0.2, 0.25) is 0 Å². The van der Waals surface area contributed by atoms with Crippen LogP contribution >= 0.6 is 43.2 Å². The Hall–Kier alpha value is 0.500. The van der Waals surface area contributed by atoms with Crippen LogP contribution in [0.5, 0.6) is 0 Å². The Kier molecular flexibility index (Phi) is 5.75. The number of halogens is 2. The maximum absolute atomic E-state index is 6.07. The highest BCUT2D eigenvalue weighted by atomic mass is 79.9. The molecule has 21 heavy (non-hydrogen) atoms. The van der Waals surface area contributed by atoms with Gasteiger partial charge in [0.25, 0.3) is 0 Å². The van der Waals surface area contributed by atoms with Gasteiger partial charge in [0.1, 0.15) is 0 Å². The molecule has 0 amide bonds. The van der Waals surface area contributed by atoms with E-state index in [1.807, 2.05) is 0 Å². The molecule has 4 nitrogen and oxygen atoms in total. The second kappa shape index (κ2) is 7.38. The molecule has 0 bridgehead atoms. The molecule has 1 aromatic rings. The van der Waals surface area contributed by atoms with Gasteiger partial charge >= 0.3 is 0 Å². The number of morpholine rings is 1. The highest BCUT2D eigenvalue weighted by Gasteiger charge is 2.33. The molecule has 0 saturated carbocycles. The molecule has 0 spiro atoms. The first kappa shape index (κ1) is 16.4. The molecule has 118 valence electrons. The van der Waals surface area contributed by atoms with Crippen molar-refractivity contribution in [1.82, 2.24) is 9.80 Å². The third-order valence-corrected chi connectivity index (χ3v) is 7.77. The van der Waals surface area contributed by atoms with Crippen molar-refractivity contribution in [3.05, 3.63) is 19.2 Å². The second-order valence-electron chi connectivity index (χ2n) is 5.61. The molecular weight excluding hydrogens is 418 g/mol. The van der Waals surface area contributed by atoms with Crippen molar-refractivity contribution >= 4 is 43.2 Å². The van der Waals surface area contributed by atoms with Crippen LogP contribution in [0.15, 0.2) is 14.3 Å². The SMILES string of the molecule is NCC(c1cc(Br)c(Br)s1)N1CCC(N2CCOCC2)C1. The Morgan fingerprint density at radius 2 is 2.10 bits per heavy atom. The van der Waals surface area contributed by atoms with E-state index in [9.17, 15) is 0 Å². The van der Waals surface area contributed by atoms with Gasteiger partial charge in [0.05, 0.1) is 23.0 Å². The number of hydrogen-bond acceptors (Lipinski definition) is 5. The lowest BCUT2D eigenvalue weighted by Crippen LogP contribution is -2.45. The number of nitrogens with two attached hydrogens (primary N) is 1. The largest absolute Gasteiger partial charge is 0.379 e. The summed E-state index contributed by atoms with van der Waals surface area (Å²) in [6.45, 7) is 6.83. The van der Waals surface area contributed by atoms with Gasteiger partial charge in [-0.15, -0.1) is 11.3 Å². The van der Waals surface area contributed by atoms with Crippen molar-refractivity contribution in [2.45, 2.75) is 18.5 Å². The van der Waals surface area contributed by atoms with Gasteiger partial charge in [-0.3, -0.25) is 9.80 Å². The third kappa shape index (κ3) is 3.71. The molecule has 2 atom stereocenters. The first-order chi connectivity index (χ1) is 10.2. The van der Waals surface area contributed by atoms with Crippen molar-refractivity contribution in [3.63, 3.8) is 0 Å². The van der Waals surface area contributed by atoms with Gasteiger partial charge in [0.2, 0.25) is 0 Å². The highest BCUT2D eigenvalue weighted by molar-refractivity contribution is 9.13. The first-order valence-corrected chi connectivity index (χ1v) is 9.80. The summed E-state index contributed by atoms with van der Waals surface area (Å²) in [6, 6.07) is 3.20. The van der Waals surface area contributed by atoms with E-state index in [4.69, 9.17) is 10.5 Å². The van der Waals surface area contributed by atoms with E-state index in [0.29, 0.717) is 18.6 Å². The molecule has 2 aliphatic rings. The smallest absolute Gasteiger partial charge is 0.0843 e. The Morgan fingerprint density at radius 1 is 1.33 bits per heavy atom. The van der Waals surface area contributed by atoms with Crippen LogP contribution in [0.3, 0.4) is 0 Å². The lowest BCUT2D eigenvalue weighted by molar-refractivity contribution is 0.0177. The summed E-state index contributed by atoms with van der Waals surface area (Å²) in [5.41, 5.74) is 6.07. The fourth-order valence-corrected chi connectivity index (χ4v) is 5.50. The fraction of sp³-hybridized carbons (Fsp3) is 0.714. The van der Waals surface area contributed by atoms with Gasteiger partial charge in [-0.05, 0) is 44.3 Å². The molecule has 3 rings (SSSR count).